The zero-order valence-corrected chi connectivity index (χ0v) is 8.39. The highest BCUT2D eigenvalue weighted by atomic mass is 35.5. The van der Waals surface area contributed by atoms with Crippen molar-refractivity contribution in [3.05, 3.63) is 38.4 Å². The second kappa shape index (κ2) is 3.94. The molecule has 0 aliphatic carbocycles. The topological polar surface area (TPSA) is 43.1 Å². The van der Waals surface area contributed by atoms with Crippen LogP contribution in [0.5, 0.6) is 0 Å². The van der Waals surface area contributed by atoms with Crippen LogP contribution < -0.4 is 0 Å². The van der Waals surface area contributed by atoms with Gasteiger partial charge in [0.2, 0.25) is 0 Å². The van der Waals surface area contributed by atoms with E-state index in [1.54, 1.807) is 13.0 Å². The van der Waals surface area contributed by atoms with Gasteiger partial charge in [-0.15, -0.1) is 11.6 Å². The molecule has 0 aliphatic heterocycles. The Labute approximate surface area is 85.4 Å². The van der Waals surface area contributed by atoms with Crippen LogP contribution in [0.1, 0.15) is 11.1 Å². The van der Waals surface area contributed by atoms with Crippen LogP contribution in [0.25, 0.3) is 0 Å². The molecule has 1 rings (SSSR count). The highest BCUT2D eigenvalue weighted by molar-refractivity contribution is 6.32. The Hall–Kier alpha value is -0.800. The molecule has 0 saturated carbocycles. The van der Waals surface area contributed by atoms with Gasteiger partial charge in [-0.3, -0.25) is 10.1 Å². The molecule has 0 aromatic heterocycles. The SMILES string of the molecule is Cc1cc(CCl)c(Cl)cc1[N+](=O)[O-]. The minimum Gasteiger partial charge on any atom is -0.258 e. The van der Waals surface area contributed by atoms with Gasteiger partial charge in [0.1, 0.15) is 0 Å². The summed E-state index contributed by atoms with van der Waals surface area (Å²) in [6.45, 7) is 1.66. The van der Waals surface area contributed by atoms with Crippen LogP contribution in [0.15, 0.2) is 12.1 Å². The van der Waals surface area contributed by atoms with Crippen LogP contribution >= 0.6 is 23.2 Å². The van der Waals surface area contributed by atoms with Crippen molar-refractivity contribution in [2.75, 3.05) is 0 Å². The number of alkyl halides is 1. The van der Waals surface area contributed by atoms with E-state index in [-0.39, 0.29) is 11.6 Å². The number of hydrogen-bond acceptors (Lipinski definition) is 2. The summed E-state index contributed by atoms with van der Waals surface area (Å²) in [7, 11) is 0. The maximum atomic E-state index is 10.5. The molecule has 3 nitrogen and oxygen atoms in total. The normalized spacial score (nSPS) is 10.1. The molecule has 0 radical (unpaired) electrons. The van der Waals surface area contributed by atoms with E-state index in [4.69, 9.17) is 23.2 Å². The van der Waals surface area contributed by atoms with Gasteiger partial charge >= 0.3 is 0 Å². The first-order valence-electron chi connectivity index (χ1n) is 3.55. The van der Waals surface area contributed by atoms with E-state index < -0.39 is 4.92 Å². The molecule has 0 heterocycles. The molecule has 0 atom stereocenters. The van der Waals surface area contributed by atoms with Crippen molar-refractivity contribution in [2.24, 2.45) is 0 Å². The number of benzene rings is 1. The lowest BCUT2D eigenvalue weighted by molar-refractivity contribution is -0.385. The fourth-order valence-electron chi connectivity index (χ4n) is 1.03. The van der Waals surface area contributed by atoms with E-state index in [0.717, 1.165) is 0 Å². The average Bonchev–Trinajstić information content (AvgIpc) is 2.07. The van der Waals surface area contributed by atoms with Crippen LogP contribution in [-0.4, -0.2) is 4.92 Å². The summed E-state index contributed by atoms with van der Waals surface area (Å²) in [6.07, 6.45) is 0. The standard InChI is InChI=1S/C8H7Cl2NO2/c1-5-2-6(4-9)7(10)3-8(5)11(12)13/h2-3H,4H2,1H3. The largest absolute Gasteiger partial charge is 0.273 e. The van der Waals surface area contributed by atoms with E-state index >= 15 is 0 Å². The molecule has 0 N–H and O–H groups in total. The number of halogens is 2. The minimum absolute atomic E-state index is 0.0267. The van der Waals surface area contributed by atoms with Crippen LogP contribution in [0.3, 0.4) is 0 Å². The lowest BCUT2D eigenvalue weighted by Gasteiger charge is -2.02. The lowest BCUT2D eigenvalue weighted by atomic mass is 10.1. The van der Waals surface area contributed by atoms with Gasteiger partial charge in [0, 0.05) is 17.5 Å². The predicted molar refractivity (Wildman–Crippen MR) is 52.4 cm³/mol. The van der Waals surface area contributed by atoms with Gasteiger partial charge in [0.15, 0.2) is 0 Å². The molecule has 13 heavy (non-hydrogen) atoms. The maximum absolute atomic E-state index is 10.5. The Morgan fingerprint density at radius 1 is 1.54 bits per heavy atom. The van der Waals surface area contributed by atoms with Crippen LogP contribution in [0.2, 0.25) is 5.02 Å². The number of nitro benzene ring substituents is 1. The molecule has 0 unspecified atom stereocenters. The summed E-state index contributed by atoms with van der Waals surface area (Å²) in [5.74, 6) is 0.262. The molecular weight excluding hydrogens is 213 g/mol. The molecule has 5 heteroatoms. The van der Waals surface area contributed by atoms with Crippen LogP contribution in [-0.2, 0) is 5.88 Å². The number of nitro groups is 1. The summed E-state index contributed by atoms with van der Waals surface area (Å²) in [5, 5.41) is 10.8. The Kier molecular flexibility index (Phi) is 3.12. The van der Waals surface area contributed by atoms with Crippen molar-refractivity contribution in [3.8, 4) is 0 Å². The first-order chi connectivity index (χ1) is 6.06. The minimum atomic E-state index is -0.459. The molecule has 0 aliphatic rings. The molecule has 0 fully saturated rings. The van der Waals surface area contributed by atoms with Crippen molar-refractivity contribution in [1.82, 2.24) is 0 Å². The molecule has 0 amide bonds. The van der Waals surface area contributed by atoms with Gasteiger partial charge in [-0.05, 0) is 18.6 Å². The molecule has 1 aromatic carbocycles. The Balaban J connectivity index is 3.28. The highest BCUT2D eigenvalue weighted by Crippen LogP contribution is 2.27. The third-order valence-corrected chi connectivity index (χ3v) is 2.35. The van der Waals surface area contributed by atoms with Gasteiger partial charge < -0.3 is 0 Å². The van der Waals surface area contributed by atoms with Crippen molar-refractivity contribution in [2.45, 2.75) is 12.8 Å². The number of hydrogen-bond donors (Lipinski definition) is 0. The summed E-state index contributed by atoms with van der Waals surface area (Å²) in [4.78, 5) is 10.0. The zero-order chi connectivity index (χ0) is 10.0. The van der Waals surface area contributed by atoms with Gasteiger partial charge in [0.05, 0.1) is 9.95 Å². The molecule has 70 valence electrons. The van der Waals surface area contributed by atoms with Crippen molar-refractivity contribution in [1.29, 1.82) is 0 Å². The van der Waals surface area contributed by atoms with E-state index in [2.05, 4.69) is 0 Å². The number of nitrogens with zero attached hydrogens (tertiary/aromatic N) is 1. The van der Waals surface area contributed by atoms with Crippen LogP contribution in [0.4, 0.5) is 5.69 Å². The van der Waals surface area contributed by atoms with Crippen molar-refractivity contribution < 1.29 is 4.92 Å². The van der Waals surface area contributed by atoms with E-state index in [9.17, 15) is 10.1 Å². The third kappa shape index (κ3) is 2.11. The van der Waals surface area contributed by atoms with E-state index in [1.165, 1.54) is 6.07 Å². The summed E-state index contributed by atoms with van der Waals surface area (Å²) >= 11 is 11.3. The molecular formula is C8H7Cl2NO2. The summed E-state index contributed by atoms with van der Waals surface area (Å²) in [5.41, 5.74) is 1.32. The molecule has 1 aromatic rings. The van der Waals surface area contributed by atoms with E-state index in [1.807, 2.05) is 0 Å². The number of rotatable bonds is 2. The number of aryl methyl sites for hydroxylation is 1. The monoisotopic (exact) mass is 219 g/mol. The van der Waals surface area contributed by atoms with Gasteiger partial charge in [-0.1, -0.05) is 11.6 Å². The summed E-state index contributed by atoms with van der Waals surface area (Å²) < 4.78 is 0. The zero-order valence-electron chi connectivity index (χ0n) is 6.88. The lowest BCUT2D eigenvalue weighted by Crippen LogP contribution is -1.93. The fraction of sp³-hybridized carbons (Fsp3) is 0.250. The second-order valence-corrected chi connectivity index (χ2v) is 3.30. The Morgan fingerprint density at radius 3 is 2.62 bits per heavy atom. The highest BCUT2D eigenvalue weighted by Gasteiger charge is 2.13. The molecule has 0 bridgehead atoms. The van der Waals surface area contributed by atoms with Crippen molar-refractivity contribution in [3.63, 3.8) is 0 Å². The smallest absolute Gasteiger partial charge is 0.258 e. The summed E-state index contributed by atoms with van der Waals surface area (Å²) in [6, 6.07) is 2.96. The predicted octanol–water partition coefficient (Wildman–Crippen LogP) is 3.30. The van der Waals surface area contributed by atoms with Crippen LogP contribution in [0, 0.1) is 17.0 Å². The first-order valence-corrected chi connectivity index (χ1v) is 4.47. The van der Waals surface area contributed by atoms with Gasteiger partial charge in [-0.25, -0.2) is 0 Å². The fourth-order valence-corrected chi connectivity index (χ4v) is 1.54. The van der Waals surface area contributed by atoms with E-state index in [0.29, 0.717) is 16.1 Å². The second-order valence-electron chi connectivity index (χ2n) is 2.62. The van der Waals surface area contributed by atoms with Crippen molar-refractivity contribution >= 4 is 28.9 Å². The van der Waals surface area contributed by atoms with Gasteiger partial charge in [-0.2, -0.15) is 0 Å². The quantitative estimate of drug-likeness (QED) is 0.436. The van der Waals surface area contributed by atoms with Gasteiger partial charge in [0.25, 0.3) is 5.69 Å². The molecule has 0 saturated heterocycles. The third-order valence-electron chi connectivity index (χ3n) is 1.71. The average molecular weight is 220 g/mol. The Morgan fingerprint density at radius 2 is 2.15 bits per heavy atom. The molecule has 0 spiro atoms. The first kappa shape index (κ1) is 10.3. The maximum Gasteiger partial charge on any atom is 0.273 e. The Bertz CT molecular complexity index is 352.